The average Bonchev–Trinajstić information content (AvgIpc) is 2.75. The number of carboxylic acids is 1. The first-order valence-electron chi connectivity index (χ1n) is 6.41. The highest BCUT2D eigenvalue weighted by molar-refractivity contribution is 6.10. The molecule has 6 nitrogen and oxygen atoms in total. The summed E-state index contributed by atoms with van der Waals surface area (Å²) < 4.78 is 5.51. The Balaban J connectivity index is 1.72. The molecule has 0 spiro atoms. The molecule has 0 bridgehead atoms. The van der Waals surface area contributed by atoms with Gasteiger partial charge in [-0.15, -0.1) is 0 Å². The molecule has 6 heteroatoms. The molecular formula is C14H16N2O4. The summed E-state index contributed by atoms with van der Waals surface area (Å²) in [6.07, 6.45) is 0.569. The smallest absolute Gasteiger partial charge is 0.309 e. The molecule has 1 aromatic rings. The lowest BCUT2D eigenvalue weighted by Gasteiger charge is -2.11. The van der Waals surface area contributed by atoms with Crippen molar-refractivity contribution < 1.29 is 19.4 Å². The standard InChI is InChI=1S/C14H16N2O4/c17-13-9-11(10-14(18)19)15-16(13)7-4-8-20-12-5-2-1-3-6-12/h1-3,5-6H,4,7-10H2,(H,18,19). The molecule has 0 saturated carbocycles. The van der Waals surface area contributed by atoms with Gasteiger partial charge in [-0.25, -0.2) is 5.01 Å². The highest BCUT2D eigenvalue weighted by Crippen LogP contribution is 2.12. The zero-order chi connectivity index (χ0) is 14.4. The molecule has 0 fully saturated rings. The van der Waals surface area contributed by atoms with Gasteiger partial charge in [0.05, 0.1) is 25.2 Å². The topological polar surface area (TPSA) is 79.2 Å². The summed E-state index contributed by atoms with van der Waals surface area (Å²) in [5, 5.41) is 14.0. The van der Waals surface area contributed by atoms with E-state index in [1.54, 1.807) is 0 Å². The second-order valence-corrected chi connectivity index (χ2v) is 4.45. The molecule has 1 aromatic carbocycles. The van der Waals surface area contributed by atoms with Gasteiger partial charge >= 0.3 is 5.97 Å². The Morgan fingerprint density at radius 1 is 1.35 bits per heavy atom. The van der Waals surface area contributed by atoms with Crippen LogP contribution >= 0.6 is 0 Å². The summed E-state index contributed by atoms with van der Waals surface area (Å²) in [6.45, 7) is 0.923. The summed E-state index contributed by atoms with van der Waals surface area (Å²) in [4.78, 5) is 22.2. The van der Waals surface area contributed by atoms with Crippen molar-refractivity contribution in [2.45, 2.75) is 19.3 Å². The fourth-order valence-corrected chi connectivity index (χ4v) is 1.90. The van der Waals surface area contributed by atoms with Crippen molar-refractivity contribution >= 4 is 17.6 Å². The van der Waals surface area contributed by atoms with E-state index in [9.17, 15) is 9.59 Å². The van der Waals surface area contributed by atoms with Gasteiger partial charge in [0.2, 0.25) is 5.91 Å². The van der Waals surface area contributed by atoms with Gasteiger partial charge in [-0.1, -0.05) is 18.2 Å². The predicted octanol–water partition coefficient (Wildman–Crippen LogP) is 1.52. The number of hydrogen-bond donors (Lipinski definition) is 1. The Labute approximate surface area is 116 Å². The van der Waals surface area contributed by atoms with Crippen molar-refractivity contribution in [1.82, 2.24) is 5.01 Å². The molecule has 0 atom stereocenters. The third-order valence-corrected chi connectivity index (χ3v) is 2.79. The fraction of sp³-hybridized carbons (Fsp3) is 0.357. The summed E-state index contributed by atoms with van der Waals surface area (Å²) in [7, 11) is 0. The number of amides is 1. The summed E-state index contributed by atoms with van der Waals surface area (Å²) >= 11 is 0. The van der Waals surface area contributed by atoms with Crippen LogP contribution in [0.2, 0.25) is 0 Å². The van der Waals surface area contributed by atoms with E-state index >= 15 is 0 Å². The first-order chi connectivity index (χ1) is 9.65. The number of carbonyl (C=O) groups is 2. The number of hydrogen-bond acceptors (Lipinski definition) is 4. The Morgan fingerprint density at radius 3 is 2.80 bits per heavy atom. The second-order valence-electron chi connectivity index (χ2n) is 4.45. The largest absolute Gasteiger partial charge is 0.494 e. The molecule has 20 heavy (non-hydrogen) atoms. The van der Waals surface area contributed by atoms with Crippen LogP contribution in [0.3, 0.4) is 0 Å². The number of hydrazone groups is 1. The molecule has 0 aliphatic carbocycles. The van der Waals surface area contributed by atoms with Crippen LogP contribution in [-0.4, -0.2) is 40.9 Å². The lowest BCUT2D eigenvalue weighted by molar-refractivity contribution is -0.135. The maximum Gasteiger partial charge on any atom is 0.309 e. The van der Waals surface area contributed by atoms with Crippen LogP contribution in [0.5, 0.6) is 5.75 Å². The first-order valence-corrected chi connectivity index (χ1v) is 6.41. The number of carbonyl (C=O) groups excluding carboxylic acids is 1. The monoisotopic (exact) mass is 276 g/mol. The quantitative estimate of drug-likeness (QED) is 0.766. The zero-order valence-electron chi connectivity index (χ0n) is 11.0. The van der Waals surface area contributed by atoms with Crippen molar-refractivity contribution in [3.8, 4) is 5.75 Å². The van der Waals surface area contributed by atoms with E-state index in [1.807, 2.05) is 30.3 Å². The van der Waals surface area contributed by atoms with Crippen molar-refractivity contribution in [2.24, 2.45) is 5.10 Å². The van der Waals surface area contributed by atoms with Gasteiger partial charge < -0.3 is 9.84 Å². The maximum absolute atomic E-state index is 11.6. The van der Waals surface area contributed by atoms with Crippen LogP contribution in [0.1, 0.15) is 19.3 Å². The Bertz CT molecular complexity index is 513. The van der Waals surface area contributed by atoms with Crippen molar-refractivity contribution in [1.29, 1.82) is 0 Å². The van der Waals surface area contributed by atoms with Gasteiger partial charge in [-0.2, -0.15) is 5.10 Å². The lowest BCUT2D eigenvalue weighted by atomic mass is 10.2. The molecule has 0 saturated heterocycles. The Kier molecular flexibility index (Phi) is 4.70. The van der Waals surface area contributed by atoms with Crippen molar-refractivity contribution in [3.05, 3.63) is 30.3 Å². The lowest BCUT2D eigenvalue weighted by Crippen LogP contribution is -2.23. The second kappa shape index (κ2) is 6.70. The molecule has 0 unspecified atom stereocenters. The van der Waals surface area contributed by atoms with Crippen LogP contribution in [0.4, 0.5) is 0 Å². The molecule has 1 aliphatic heterocycles. The van der Waals surface area contributed by atoms with Gasteiger partial charge in [-0.3, -0.25) is 9.59 Å². The van der Waals surface area contributed by atoms with Crippen LogP contribution in [0.15, 0.2) is 35.4 Å². The number of benzene rings is 1. The van der Waals surface area contributed by atoms with E-state index in [2.05, 4.69) is 5.10 Å². The third-order valence-electron chi connectivity index (χ3n) is 2.79. The summed E-state index contributed by atoms with van der Waals surface area (Å²) in [5.41, 5.74) is 0.409. The summed E-state index contributed by atoms with van der Waals surface area (Å²) in [5.74, 6) is -0.331. The van der Waals surface area contributed by atoms with E-state index in [0.29, 0.717) is 25.3 Å². The number of carboxylic acid groups (broad SMARTS) is 1. The summed E-state index contributed by atoms with van der Waals surface area (Å²) in [6, 6.07) is 9.42. The minimum Gasteiger partial charge on any atom is -0.494 e. The molecule has 1 aliphatic rings. The van der Waals surface area contributed by atoms with E-state index in [4.69, 9.17) is 9.84 Å². The molecular weight excluding hydrogens is 260 g/mol. The van der Waals surface area contributed by atoms with Gasteiger partial charge in [0, 0.05) is 13.0 Å². The SMILES string of the molecule is O=C(O)CC1=NN(CCCOc2ccccc2)C(=O)C1. The minimum atomic E-state index is -0.967. The molecule has 0 radical (unpaired) electrons. The van der Waals surface area contributed by atoms with Crippen molar-refractivity contribution in [3.63, 3.8) is 0 Å². The zero-order valence-corrected chi connectivity index (χ0v) is 11.0. The molecule has 0 aromatic heterocycles. The van der Waals surface area contributed by atoms with Crippen LogP contribution in [0.25, 0.3) is 0 Å². The number of aliphatic carboxylic acids is 1. The highest BCUT2D eigenvalue weighted by atomic mass is 16.5. The number of rotatable bonds is 7. The highest BCUT2D eigenvalue weighted by Gasteiger charge is 2.24. The van der Waals surface area contributed by atoms with E-state index < -0.39 is 5.97 Å². The van der Waals surface area contributed by atoms with Crippen LogP contribution in [0, 0.1) is 0 Å². The van der Waals surface area contributed by atoms with Crippen LogP contribution < -0.4 is 4.74 Å². The average molecular weight is 276 g/mol. The third kappa shape index (κ3) is 4.08. The molecule has 2 rings (SSSR count). The van der Waals surface area contributed by atoms with Gasteiger partial charge in [-0.05, 0) is 12.1 Å². The molecule has 1 amide bonds. The minimum absolute atomic E-state index is 0.103. The number of para-hydroxylation sites is 1. The molecule has 106 valence electrons. The molecule has 1 heterocycles. The van der Waals surface area contributed by atoms with Gasteiger partial charge in [0.15, 0.2) is 0 Å². The molecule has 1 N–H and O–H groups in total. The van der Waals surface area contributed by atoms with Gasteiger partial charge in [0.1, 0.15) is 5.75 Å². The maximum atomic E-state index is 11.6. The van der Waals surface area contributed by atoms with Gasteiger partial charge in [0.25, 0.3) is 0 Å². The predicted molar refractivity (Wildman–Crippen MR) is 72.6 cm³/mol. The van der Waals surface area contributed by atoms with Crippen LogP contribution in [-0.2, 0) is 9.59 Å². The van der Waals surface area contributed by atoms with E-state index in [0.717, 1.165) is 5.75 Å². The Morgan fingerprint density at radius 2 is 2.10 bits per heavy atom. The van der Waals surface area contributed by atoms with E-state index in [-0.39, 0.29) is 18.7 Å². The fourth-order valence-electron chi connectivity index (χ4n) is 1.90. The number of ether oxygens (including phenoxy) is 1. The Hall–Kier alpha value is -2.37. The van der Waals surface area contributed by atoms with E-state index in [1.165, 1.54) is 5.01 Å². The van der Waals surface area contributed by atoms with Crippen molar-refractivity contribution in [2.75, 3.05) is 13.2 Å². The first kappa shape index (κ1) is 14.0. The number of nitrogens with zero attached hydrogens (tertiary/aromatic N) is 2. The normalized spacial score (nSPS) is 14.3.